The van der Waals surface area contributed by atoms with Crippen molar-refractivity contribution in [3.63, 3.8) is 0 Å². The number of hydrogen-bond acceptors (Lipinski definition) is 2. The summed E-state index contributed by atoms with van der Waals surface area (Å²) in [5.41, 5.74) is 1.73. The summed E-state index contributed by atoms with van der Waals surface area (Å²) in [5, 5.41) is 8.56. The van der Waals surface area contributed by atoms with Gasteiger partial charge in [0.1, 0.15) is 0 Å². The minimum Gasteiger partial charge on any atom is -0.397 e. The van der Waals surface area contributed by atoms with Gasteiger partial charge in [0.05, 0.1) is 0 Å². The molecule has 0 bridgehead atoms. The van der Waals surface area contributed by atoms with Crippen molar-refractivity contribution in [2.45, 2.75) is 6.92 Å². The van der Waals surface area contributed by atoms with Crippen LogP contribution in [-0.2, 0) is 0 Å². The number of aldehydes is 1. The van der Waals surface area contributed by atoms with Crippen molar-refractivity contribution in [1.29, 1.82) is 0 Å². The molecule has 1 aromatic heterocycles. The van der Waals surface area contributed by atoms with Crippen molar-refractivity contribution in [1.82, 2.24) is 4.98 Å². The Morgan fingerprint density at radius 3 is 2.71 bits per heavy atom. The van der Waals surface area contributed by atoms with Crippen LogP contribution in [0.25, 0.3) is 10.9 Å². The van der Waals surface area contributed by atoms with E-state index in [-0.39, 0.29) is 6.61 Å². The molecule has 0 atom stereocenters. The average molecular weight is 191 g/mol. The SMILES string of the molecule is CCO.O=Cc1c[nH]c2ccccc12. The van der Waals surface area contributed by atoms with Gasteiger partial charge in [-0.25, -0.2) is 0 Å². The van der Waals surface area contributed by atoms with E-state index in [0.717, 1.165) is 22.8 Å². The highest BCUT2D eigenvalue weighted by Crippen LogP contribution is 2.14. The third-order valence-electron chi connectivity index (χ3n) is 1.75. The van der Waals surface area contributed by atoms with Crippen molar-refractivity contribution >= 4 is 17.2 Å². The summed E-state index contributed by atoms with van der Waals surface area (Å²) in [5.74, 6) is 0. The summed E-state index contributed by atoms with van der Waals surface area (Å²) in [6.07, 6.45) is 2.58. The molecule has 2 rings (SSSR count). The van der Waals surface area contributed by atoms with Gasteiger partial charge in [0.25, 0.3) is 0 Å². The Hall–Kier alpha value is -1.61. The topological polar surface area (TPSA) is 53.1 Å². The van der Waals surface area contributed by atoms with E-state index in [4.69, 9.17) is 5.11 Å². The van der Waals surface area contributed by atoms with E-state index in [1.807, 2.05) is 24.3 Å². The molecule has 0 aliphatic rings. The van der Waals surface area contributed by atoms with Crippen LogP contribution < -0.4 is 0 Å². The first-order valence-electron chi connectivity index (χ1n) is 4.45. The number of H-pyrrole nitrogens is 1. The van der Waals surface area contributed by atoms with Gasteiger partial charge in [0, 0.05) is 29.3 Å². The fourth-order valence-corrected chi connectivity index (χ4v) is 1.19. The van der Waals surface area contributed by atoms with Crippen molar-refractivity contribution in [3.8, 4) is 0 Å². The molecule has 14 heavy (non-hydrogen) atoms. The van der Waals surface area contributed by atoms with Gasteiger partial charge in [0.2, 0.25) is 0 Å². The lowest BCUT2D eigenvalue weighted by Crippen LogP contribution is -1.72. The first-order chi connectivity index (χ1) is 6.83. The average Bonchev–Trinajstić information content (AvgIpc) is 2.62. The van der Waals surface area contributed by atoms with E-state index >= 15 is 0 Å². The number of rotatable bonds is 1. The fourth-order valence-electron chi connectivity index (χ4n) is 1.19. The first kappa shape index (κ1) is 10.5. The third-order valence-corrected chi connectivity index (χ3v) is 1.75. The highest BCUT2D eigenvalue weighted by Gasteiger charge is 1.98. The molecule has 0 saturated heterocycles. The van der Waals surface area contributed by atoms with Gasteiger partial charge in [-0.1, -0.05) is 18.2 Å². The standard InChI is InChI=1S/C9H7NO.C2H6O/c11-6-7-5-10-9-4-2-1-3-8(7)9;1-2-3/h1-6,10H;3H,2H2,1H3. The van der Waals surface area contributed by atoms with Crippen LogP contribution in [0.15, 0.2) is 30.5 Å². The van der Waals surface area contributed by atoms with Gasteiger partial charge >= 0.3 is 0 Å². The molecular formula is C11H13NO2. The molecule has 0 aliphatic heterocycles. The predicted molar refractivity (Wildman–Crippen MR) is 56.4 cm³/mol. The highest BCUT2D eigenvalue weighted by molar-refractivity contribution is 5.96. The summed E-state index contributed by atoms with van der Waals surface area (Å²) in [4.78, 5) is 13.5. The van der Waals surface area contributed by atoms with Gasteiger partial charge in [-0.3, -0.25) is 4.79 Å². The third kappa shape index (κ3) is 2.20. The quantitative estimate of drug-likeness (QED) is 0.677. The number of fused-ring (bicyclic) bond motifs is 1. The summed E-state index contributed by atoms with van der Waals surface area (Å²) < 4.78 is 0. The Balaban J connectivity index is 0.000000293. The van der Waals surface area contributed by atoms with Gasteiger partial charge in [-0.05, 0) is 13.0 Å². The maximum absolute atomic E-state index is 10.5. The van der Waals surface area contributed by atoms with Gasteiger partial charge < -0.3 is 10.1 Å². The molecule has 3 heteroatoms. The van der Waals surface area contributed by atoms with Crippen molar-refractivity contribution in [3.05, 3.63) is 36.0 Å². The zero-order chi connectivity index (χ0) is 10.4. The Labute approximate surface area is 82.4 Å². The Morgan fingerprint density at radius 2 is 2.07 bits per heavy atom. The second kappa shape index (κ2) is 5.19. The molecular weight excluding hydrogens is 178 g/mol. The minimum atomic E-state index is 0.250. The number of aliphatic hydroxyl groups is 1. The Bertz CT molecular complexity index is 406. The second-order valence-electron chi connectivity index (χ2n) is 2.72. The van der Waals surface area contributed by atoms with Crippen LogP contribution in [0.1, 0.15) is 17.3 Å². The smallest absolute Gasteiger partial charge is 0.152 e. The summed E-state index contributed by atoms with van der Waals surface area (Å²) in [6, 6.07) is 7.73. The van der Waals surface area contributed by atoms with Crippen LogP contribution in [0.4, 0.5) is 0 Å². The Kier molecular flexibility index (Phi) is 3.88. The number of aromatic nitrogens is 1. The van der Waals surface area contributed by atoms with Crippen LogP contribution in [0.3, 0.4) is 0 Å². The molecule has 0 saturated carbocycles. The van der Waals surface area contributed by atoms with E-state index in [2.05, 4.69) is 4.98 Å². The van der Waals surface area contributed by atoms with Crippen molar-refractivity contribution in [2.75, 3.05) is 6.61 Å². The number of nitrogens with one attached hydrogen (secondary N) is 1. The van der Waals surface area contributed by atoms with E-state index in [1.54, 1.807) is 13.1 Å². The molecule has 2 aromatic rings. The zero-order valence-corrected chi connectivity index (χ0v) is 8.03. The molecule has 2 N–H and O–H groups in total. The lowest BCUT2D eigenvalue weighted by Gasteiger charge is -1.86. The number of aromatic amines is 1. The number of carbonyl (C=O) groups excluding carboxylic acids is 1. The van der Waals surface area contributed by atoms with Crippen molar-refractivity contribution < 1.29 is 9.90 Å². The van der Waals surface area contributed by atoms with E-state index < -0.39 is 0 Å². The molecule has 1 aromatic carbocycles. The largest absolute Gasteiger partial charge is 0.397 e. The van der Waals surface area contributed by atoms with Crippen LogP contribution in [0, 0.1) is 0 Å². The Morgan fingerprint density at radius 1 is 1.43 bits per heavy atom. The fraction of sp³-hybridized carbons (Fsp3) is 0.182. The lowest BCUT2D eigenvalue weighted by atomic mass is 10.2. The second-order valence-corrected chi connectivity index (χ2v) is 2.72. The maximum Gasteiger partial charge on any atom is 0.152 e. The molecule has 0 spiro atoms. The molecule has 0 aliphatic carbocycles. The summed E-state index contributed by atoms with van der Waals surface area (Å²) in [7, 11) is 0. The minimum absolute atomic E-state index is 0.250. The van der Waals surface area contributed by atoms with E-state index in [1.165, 1.54) is 0 Å². The number of benzene rings is 1. The molecule has 74 valence electrons. The molecule has 0 unspecified atom stereocenters. The van der Waals surface area contributed by atoms with Crippen LogP contribution >= 0.6 is 0 Å². The number of carbonyl (C=O) groups is 1. The highest BCUT2D eigenvalue weighted by atomic mass is 16.2. The van der Waals surface area contributed by atoms with Gasteiger partial charge in [-0.15, -0.1) is 0 Å². The maximum atomic E-state index is 10.5. The number of para-hydroxylation sites is 1. The molecule has 1 heterocycles. The van der Waals surface area contributed by atoms with Crippen LogP contribution in [-0.4, -0.2) is 23.0 Å². The monoisotopic (exact) mass is 191 g/mol. The summed E-state index contributed by atoms with van der Waals surface area (Å²) in [6.45, 7) is 1.93. The molecule has 0 fully saturated rings. The zero-order valence-electron chi connectivity index (χ0n) is 8.03. The van der Waals surface area contributed by atoms with Crippen molar-refractivity contribution in [2.24, 2.45) is 0 Å². The first-order valence-corrected chi connectivity index (χ1v) is 4.45. The number of hydrogen-bond donors (Lipinski definition) is 2. The molecule has 0 amide bonds. The predicted octanol–water partition coefficient (Wildman–Crippen LogP) is 1.98. The van der Waals surface area contributed by atoms with Gasteiger partial charge in [-0.2, -0.15) is 0 Å². The van der Waals surface area contributed by atoms with Gasteiger partial charge in [0.15, 0.2) is 6.29 Å². The van der Waals surface area contributed by atoms with Crippen LogP contribution in [0.5, 0.6) is 0 Å². The van der Waals surface area contributed by atoms with E-state index in [9.17, 15) is 4.79 Å². The normalized spacial score (nSPS) is 9.29. The van der Waals surface area contributed by atoms with E-state index in [0.29, 0.717) is 0 Å². The molecule has 3 nitrogen and oxygen atoms in total. The van der Waals surface area contributed by atoms with Crippen LogP contribution in [0.2, 0.25) is 0 Å². The molecule has 0 radical (unpaired) electrons. The summed E-state index contributed by atoms with van der Waals surface area (Å²) >= 11 is 0. The number of aliphatic hydroxyl groups excluding tert-OH is 1. The lowest BCUT2D eigenvalue weighted by molar-refractivity contribution is 0.112.